The average molecular weight is 248 g/mol. The van der Waals surface area contributed by atoms with Gasteiger partial charge in [0.1, 0.15) is 5.82 Å². The van der Waals surface area contributed by atoms with Crippen molar-refractivity contribution in [3.8, 4) is 0 Å². The SMILES string of the molecule is OCc1ccc(CSc2ccc(F)cc2)cc1. The van der Waals surface area contributed by atoms with Crippen molar-refractivity contribution in [2.45, 2.75) is 17.3 Å². The summed E-state index contributed by atoms with van der Waals surface area (Å²) in [7, 11) is 0. The fourth-order valence-corrected chi connectivity index (χ4v) is 2.29. The lowest BCUT2D eigenvalue weighted by molar-refractivity contribution is 0.282. The maximum atomic E-state index is 12.7. The van der Waals surface area contributed by atoms with Gasteiger partial charge in [0.25, 0.3) is 0 Å². The Morgan fingerprint density at radius 1 is 0.882 bits per heavy atom. The highest BCUT2D eigenvalue weighted by atomic mass is 32.2. The number of hydrogen-bond donors (Lipinski definition) is 1. The lowest BCUT2D eigenvalue weighted by Gasteiger charge is -2.03. The Hall–Kier alpha value is -1.32. The fraction of sp³-hybridized carbons (Fsp3) is 0.143. The largest absolute Gasteiger partial charge is 0.392 e. The predicted molar refractivity (Wildman–Crippen MR) is 68.3 cm³/mol. The van der Waals surface area contributed by atoms with E-state index < -0.39 is 0 Å². The Balaban J connectivity index is 1.95. The van der Waals surface area contributed by atoms with Crippen LogP contribution in [0.25, 0.3) is 0 Å². The third-order valence-electron chi connectivity index (χ3n) is 2.42. The molecule has 1 N–H and O–H groups in total. The van der Waals surface area contributed by atoms with Crippen LogP contribution in [-0.2, 0) is 12.4 Å². The van der Waals surface area contributed by atoms with Crippen molar-refractivity contribution in [3.63, 3.8) is 0 Å². The van der Waals surface area contributed by atoms with Gasteiger partial charge >= 0.3 is 0 Å². The van der Waals surface area contributed by atoms with Gasteiger partial charge in [0.2, 0.25) is 0 Å². The second kappa shape index (κ2) is 5.84. The highest BCUT2D eigenvalue weighted by Crippen LogP contribution is 2.22. The van der Waals surface area contributed by atoms with Crippen molar-refractivity contribution < 1.29 is 9.50 Å². The molecule has 0 amide bonds. The van der Waals surface area contributed by atoms with E-state index in [4.69, 9.17) is 5.11 Å². The predicted octanol–water partition coefficient (Wildman–Crippen LogP) is 3.61. The van der Waals surface area contributed by atoms with Crippen LogP contribution in [0.5, 0.6) is 0 Å². The van der Waals surface area contributed by atoms with E-state index in [1.165, 1.54) is 17.7 Å². The smallest absolute Gasteiger partial charge is 0.123 e. The van der Waals surface area contributed by atoms with E-state index in [1.54, 1.807) is 23.9 Å². The number of rotatable bonds is 4. The Labute approximate surface area is 104 Å². The first-order valence-electron chi connectivity index (χ1n) is 5.35. The minimum atomic E-state index is -0.207. The summed E-state index contributed by atoms with van der Waals surface area (Å²) >= 11 is 1.67. The minimum Gasteiger partial charge on any atom is -0.392 e. The molecular weight excluding hydrogens is 235 g/mol. The normalized spacial score (nSPS) is 10.5. The molecule has 17 heavy (non-hydrogen) atoms. The van der Waals surface area contributed by atoms with Crippen molar-refractivity contribution in [1.29, 1.82) is 0 Å². The van der Waals surface area contributed by atoms with Crippen LogP contribution in [0.4, 0.5) is 4.39 Å². The monoisotopic (exact) mass is 248 g/mol. The lowest BCUT2D eigenvalue weighted by Crippen LogP contribution is -1.85. The molecule has 0 aliphatic rings. The Morgan fingerprint density at radius 3 is 2.06 bits per heavy atom. The second-order valence-electron chi connectivity index (χ2n) is 3.72. The minimum absolute atomic E-state index is 0.0748. The van der Waals surface area contributed by atoms with Crippen LogP contribution in [0, 0.1) is 5.82 Å². The van der Waals surface area contributed by atoms with Crippen molar-refractivity contribution >= 4 is 11.8 Å². The van der Waals surface area contributed by atoms with Gasteiger partial charge in [-0.15, -0.1) is 11.8 Å². The van der Waals surface area contributed by atoms with Crippen LogP contribution in [0.1, 0.15) is 11.1 Å². The van der Waals surface area contributed by atoms with Crippen LogP contribution < -0.4 is 0 Å². The first-order valence-corrected chi connectivity index (χ1v) is 6.33. The van der Waals surface area contributed by atoms with E-state index >= 15 is 0 Å². The van der Waals surface area contributed by atoms with E-state index in [1.807, 2.05) is 24.3 Å². The highest BCUT2D eigenvalue weighted by Gasteiger charge is 1.97. The molecular formula is C14H13FOS. The summed E-state index contributed by atoms with van der Waals surface area (Å²) in [6.45, 7) is 0.0748. The van der Waals surface area contributed by atoms with Gasteiger partial charge in [-0.3, -0.25) is 0 Å². The Bertz CT molecular complexity index is 465. The molecule has 2 rings (SSSR count). The topological polar surface area (TPSA) is 20.2 Å². The molecule has 0 spiro atoms. The van der Waals surface area contributed by atoms with Crippen molar-refractivity contribution in [3.05, 3.63) is 65.5 Å². The van der Waals surface area contributed by atoms with Gasteiger partial charge in [0.15, 0.2) is 0 Å². The van der Waals surface area contributed by atoms with Gasteiger partial charge in [-0.05, 0) is 35.4 Å². The number of aliphatic hydroxyl groups excluding tert-OH is 1. The summed E-state index contributed by atoms with van der Waals surface area (Å²) < 4.78 is 12.7. The van der Waals surface area contributed by atoms with Crippen molar-refractivity contribution in [1.82, 2.24) is 0 Å². The fourth-order valence-electron chi connectivity index (χ4n) is 1.44. The molecule has 0 radical (unpaired) electrons. The van der Waals surface area contributed by atoms with Gasteiger partial charge in [-0.25, -0.2) is 4.39 Å². The Kier molecular flexibility index (Phi) is 4.18. The summed E-state index contributed by atoms with van der Waals surface area (Å²) in [5.41, 5.74) is 2.11. The first kappa shape index (κ1) is 12.1. The average Bonchev–Trinajstić information content (AvgIpc) is 2.39. The number of halogens is 1. The molecule has 88 valence electrons. The standard InChI is InChI=1S/C14H13FOS/c15-13-5-7-14(8-6-13)17-10-12-3-1-11(9-16)2-4-12/h1-8,16H,9-10H2. The molecule has 0 heterocycles. The number of aliphatic hydroxyl groups is 1. The zero-order valence-electron chi connectivity index (χ0n) is 9.27. The van der Waals surface area contributed by atoms with Crippen LogP contribution in [0.3, 0.4) is 0 Å². The molecule has 0 aromatic heterocycles. The zero-order chi connectivity index (χ0) is 12.1. The molecule has 0 unspecified atom stereocenters. The molecule has 0 aliphatic heterocycles. The summed E-state index contributed by atoms with van der Waals surface area (Å²) in [5.74, 6) is 0.638. The lowest BCUT2D eigenvalue weighted by atomic mass is 10.2. The van der Waals surface area contributed by atoms with Crippen LogP contribution in [0.15, 0.2) is 53.4 Å². The molecule has 0 fully saturated rings. The summed E-state index contributed by atoms with van der Waals surface area (Å²) in [6, 6.07) is 14.3. The third-order valence-corrected chi connectivity index (χ3v) is 3.51. The van der Waals surface area contributed by atoms with Gasteiger partial charge in [0.05, 0.1) is 6.61 Å². The van der Waals surface area contributed by atoms with Crippen LogP contribution in [0.2, 0.25) is 0 Å². The zero-order valence-corrected chi connectivity index (χ0v) is 10.1. The molecule has 0 atom stereocenters. The highest BCUT2D eigenvalue weighted by molar-refractivity contribution is 7.98. The van der Waals surface area contributed by atoms with Gasteiger partial charge in [-0.2, -0.15) is 0 Å². The van der Waals surface area contributed by atoms with E-state index in [0.717, 1.165) is 16.2 Å². The summed E-state index contributed by atoms with van der Waals surface area (Å²) in [5, 5.41) is 8.92. The molecule has 0 bridgehead atoms. The van der Waals surface area contributed by atoms with Crippen molar-refractivity contribution in [2.75, 3.05) is 0 Å². The van der Waals surface area contributed by atoms with E-state index in [0.29, 0.717) is 0 Å². The number of benzene rings is 2. The summed E-state index contributed by atoms with van der Waals surface area (Å²) in [6.07, 6.45) is 0. The maximum absolute atomic E-state index is 12.7. The van der Waals surface area contributed by atoms with E-state index in [2.05, 4.69) is 0 Å². The maximum Gasteiger partial charge on any atom is 0.123 e. The van der Waals surface area contributed by atoms with Gasteiger partial charge in [-0.1, -0.05) is 24.3 Å². The molecule has 0 saturated heterocycles. The molecule has 1 nitrogen and oxygen atoms in total. The number of hydrogen-bond acceptors (Lipinski definition) is 2. The summed E-state index contributed by atoms with van der Waals surface area (Å²) in [4.78, 5) is 1.05. The van der Waals surface area contributed by atoms with E-state index in [-0.39, 0.29) is 12.4 Å². The van der Waals surface area contributed by atoms with E-state index in [9.17, 15) is 4.39 Å². The van der Waals surface area contributed by atoms with Gasteiger partial charge < -0.3 is 5.11 Å². The third kappa shape index (κ3) is 3.58. The molecule has 2 aromatic carbocycles. The van der Waals surface area contributed by atoms with Crippen LogP contribution in [-0.4, -0.2) is 5.11 Å². The Morgan fingerprint density at radius 2 is 1.47 bits per heavy atom. The molecule has 2 aromatic rings. The molecule has 0 saturated carbocycles. The molecule has 3 heteroatoms. The number of thioether (sulfide) groups is 1. The van der Waals surface area contributed by atoms with Crippen molar-refractivity contribution in [2.24, 2.45) is 0 Å². The quantitative estimate of drug-likeness (QED) is 0.834. The second-order valence-corrected chi connectivity index (χ2v) is 4.77. The van der Waals surface area contributed by atoms with Crippen LogP contribution >= 0.6 is 11.8 Å². The molecule has 0 aliphatic carbocycles. The van der Waals surface area contributed by atoms with Gasteiger partial charge in [0, 0.05) is 10.6 Å². The first-order chi connectivity index (χ1) is 8.28.